The Balaban J connectivity index is 1.55. The van der Waals surface area contributed by atoms with Gasteiger partial charge in [-0.25, -0.2) is 4.99 Å². The first kappa shape index (κ1) is 28.4. The molecule has 8 nitrogen and oxygen atoms in total. The summed E-state index contributed by atoms with van der Waals surface area (Å²) in [6.07, 6.45) is 6.53. The standard InChI is InChI=1S/C34H33N5O3S/c1-36(2)26-16-12-22(13-17-26)20-25-9-7-10-28-31(25)35-34-38(32(28)23-14-18-27(19-15-23)37(3)4)33(40)30(43-34)21-24-8-5-6-11-29(24)39(41)42/h5-6,8,11-21,32H,7,9-10H2,1-4H3/b25-20-,30-21+. The maximum atomic E-state index is 14.1. The first-order valence-corrected chi connectivity index (χ1v) is 15.1. The zero-order valence-electron chi connectivity index (χ0n) is 24.7. The molecule has 1 aromatic heterocycles. The van der Waals surface area contributed by atoms with Crippen molar-refractivity contribution in [2.75, 3.05) is 38.0 Å². The van der Waals surface area contributed by atoms with E-state index in [2.05, 4.69) is 64.4 Å². The lowest BCUT2D eigenvalue weighted by atomic mass is 9.83. The summed E-state index contributed by atoms with van der Waals surface area (Å²) in [7, 11) is 8.07. The van der Waals surface area contributed by atoms with Gasteiger partial charge in [-0.2, -0.15) is 0 Å². The van der Waals surface area contributed by atoms with Crippen LogP contribution >= 0.6 is 11.3 Å². The molecule has 9 heteroatoms. The molecule has 2 aliphatic rings. The summed E-state index contributed by atoms with van der Waals surface area (Å²) < 4.78 is 2.21. The van der Waals surface area contributed by atoms with Crippen LogP contribution in [0, 0.1) is 10.1 Å². The molecule has 43 heavy (non-hydrogen) atoms. The number of hydrogen-bond donors (Lipinski definition) is 0. The maximum Gasteiger partial charge on any atom is 0.276 e. The second kappa shape index (κ2) is 11.5. The summed E-state index contributed by atoms with van der Waals surface area (Å²) in [4.78, 5) is 35.2. The van der Waals surface area contributed by atoms with E-state index in [1.54, 1.807) is 28.8 Å². The monoisotopic (exact) mass is 591 g/mol. The van der Waals surface area contributed by atoms with Gasteiger partial charge in [0, 0.05) is 45.6 Å². The average molecular weight is 592 g/mol. The molecule has 0 saturated heterocycles. The van der Waals surface area contributed by atoms with Crippen LogP contribution in [0.4, 0.5) is 17.1 Å². The Morgan fingerprint density at radius 2 is 1.56 bits per heavy atom. The largest absolute Gasteiger partial charge is 0.378 e. The van der Waals surface area contributed by atoms with Crippen LogP contribution in [-0.2, 0) is 0 Å². The molecule has 1 aliphatic heterocycles. The molecule has 0 saturated carbocycles. The molecular weight excluding hydrogens is 558 g/mol. The van der Waals surface area contributed by atoms with Gasteiger partial charge in [-0.15, -0.1) is 0 Å². The van der Waals surface area contributed by atoms with E-state index >= 15 is 0 Å². The first-order valence-electron chi connectivity index (χ1n) is 14.2. The third kappa shape index (κ3) is 5.44. The van der Waals surface area contributed by atoms with Crippen LogP contribution in [0.25, 0.3) is 12.2 Å². The van der Waals surface area contributed by atoms with Gasteiger partial charge in [0.15, 0.2) is 4.80 Å². The van der Waals surface area contributed by atoms with Crippen LogP contribution in [0.1, 0.15) is 42.0 Å². The van der Waals surface area contributed by atoms with Crippen LogP contribution in [0.15, 0.2) is 99.4 Å². The molecule has 4 aromatic rings. The highest BCUT2D eigenvalue weighted by molar-refractivity contribution is 7.07. The zero-order valence-corrected chi connectivity index (χ0v) is 25.5. The van der Waals surface area contributed by atoms with Crippen LogP contribution in [0.5, 0.6) is 0 Å². The minimum absolute atomic E-state index is 0.0334. The van der Waals surface area contributed by atoms with Crippen molar-refractivity contribution in [3.05, 3.63) is 136 Å². The maximum absolute atomic E-state index is 14.1. The Hall–Kier alpha value is -4.76. The summed E-state index contributed by atoms with van der Waals surface area (Å²) in [6, 6.07) is 23.0. The molecule has 0 amide bonds. The Kier molecular flexibility index (Phi) is 7.58. The fraction of sp³-hybridized carbons (Fsp3) is 0.235. The fourth-order valence-electron chi connectivity index (χ4n) is 5.80. The summed E-state index contributed by atoms with van der Waals surface area (Å²) in [5.41, 5.74) is 7.75. The van der Waals surface area contributed by atoms with Crippen molar-refractivity contribution in [1.29, 1.82) is 0 Å². The number of benzene rings is 3. The number of anilines is 2. The van der Waals surface area contributed by atoms with Crippen LogP contribution in [0.3, 0.4) is 0 Å². The van der Waals surface area contributed by atoms with E-state index in [0.29, 0.717) is 14.9 Å². The van der Waals surface area contributed by atoms with E-state index in [1.807, 2.05) is 28.2 Å². The van der Waals surface area contributed by atoms with Crippen LogP contribution in [-0.4, -0.2) is 37.7 Å². The normalized spacial score (nSPS) is 17.3. The first-order chi connectivity index (χ1) is 20.7. The van der Waals surface area contributed by atoms with Gasteiger partial charge < -0.3 is 9.80 Å². The van der Waals surface area contributed by atoms with E-state index in [-0.39, 0.29) is 17.3 Å². The van der Waals surface area contributed by atoms with Crippen molar-refractivity contribution in [2.45, 2.75) is 25.3 Å². The van der Waals surface area contributed by atoms with Gasteiger partial charge in [0.2, 0.25) is 0 Å². The highest BCUT2D eigenvalue weighted by Gasteiger charge is 2.32. The molecule has 6 rings (SSSR count). The number of nitro groups is 1. The molecule has 218 valence electrons. The van der Waals surface area contributed by atoms with Crippen molar-refractivity contribution >= 4 is 40.6 Å². The summed E-state index contributed by atoms with van der Waals surface area (Å²) >= 11 is 1.28. The third-order valence-corrected chi connectivity index (χ3v) is 9.01. The number of fused-ring (bicyclic) bond motifs is 1. The molecule has 1 atom stereocenters. The molecule has 0 radical (unpaired) electrons. The van der Waals surface area contributed by atoms with Gasteiger partial charge in [0.1, 0.15) is 0 Å². The predicted octanol–water partition coefficient (Wildman–Crippen LogP) is 5.52. The number of nitrogens with zero attached hydrogens (tertiary/aromatic N) is 5. The van der Waals surface area contributed by atoms with E-state index in [4.69, 9.17) is 4.99 Å². The summed E-state index contributed by atoms with van der Waals surface area (Å²) in [5, 5.41) is 11.7. The Bertz CT molecular complexity index is 1950. The van der Waals surface area contributed by atoms with Gasteiger partial charge in [-0.05, 0) is 84.0 Å². The summed E-state index contributed by atoms with van der Waals surface area (Å²) in [5.74, 6) is 0. The number of rotatable bonds is 6. The van der Waals surface area contributed by atoms with Crippen molar-refractivity contribution in [3.8, 4) is 0 Å². The SMILES string of the molecule is CN(C)c1ccc(/C=C2/CCCC3=C2N=c2s/c(=C/c4ccccc4[N+](=O)[O-])c(=O)n2C3c2ccc(N(C)C)cc2)cc1. The second-order valence-electron chi connectivity index (χ2n) is 11.3. The third-order valence-electron chi connectivity index (χ3n) is 8.03. The molecule has 0 fully saturated rings. The minimum Gasteiger partial charge on any atom is -0.378 e. The summed E-state index contributed by atoms with van der Waals surface area (Å²) in [6.45, 7) is 0. The van der Waals surface area contributed by atoms with Crippen molar-refractivity contribution in [3.63, 3.8) is 0 Å². The molecule has 0 spiro atoms. The quantitative estimate of drug-likeness (QED) is 0.218. The highest BCUT2D eigenvalue weighted by Crippen LogP contribution is 2.41. The van der Waals surface area contributed by atoms with Crippen molar-refractivity contribution < 1.29 is 4.92 Å². The topological polar surface area (TPSA) is 84.0 Å². The molecule has 1 aliphatic carbocycles. The number of aromatic nitrogens is 1. The van der Waals surface area contributed by atoms with Gasteiger partial charge in [0.25, 0.3) is 11.2 Å². The molecule has 3 aromatic carbocycles. The average Bonchev–Trinajstić information content (AvgIpc) is 3.31. The van der Waals surface area contributed by atoms with Crippen LogP contribution < -0.4 is 24.7 Å². The minimum atomic E-state index is -0.418. The van der Waals surface area contributed by atoms with Crippen molar-refractivity contribution in [1.82, 2.24) is 4.57 Å². The molecule has 1 unspecified atom stereocenters. The van der Waals surface area contributed by atoms with Gasteiger partial charge >= 0.3 is 0 Å². The Morgan fingerprint density at radius 3 is 2.21 bits per heavy atom. The van der Waals surface area contributed by atoms with E-state index in [9.17, 15) is 14.9 Å². The van der Waals surface area contributed by atoms with Crippen molar-refractivity contribution in [2.24, 2.45) is 4.99 Å². The van der Waals surface area contributed by atoms with E-state index < -0.39 is 4.92 Å². The van der Waals surface area contributed by atoms with Gasteiger partial charge in [0.05, 0.1) is 26.8 Å². The Labute approximate surface area is 254 Å². The number of nitro benzene ring substituents is 1. The smallest absolute Gasteiger partial charge is 0.276 e. The Morgan fingerprint density at radius 1 is 0.907 bits per heavy atom. The van der Waals surface area contributed by atoms with Gasteiger partial charge in [-0.1, -0.05) is 47.7 Å². The molecular formula is C34H33N5O3S. The second-order valence-corrected chi connectivity index (χ2v) is 12.3. The number of hydrogen-bond acceptors (Lipinski definition) is 7. The number of allylic oxidation sites excluding steroid dienone is 2. The lowest BCUT2D eigenvalue weighted by Crippen LogP contribution is -2.39. The molecule has 0 N–H and O–H groups in total. The fourth-order valence-corrected chi connectivity index (χ4v) is 6.79. The van der Waals surface area contributed by atoms with Crippen LogP contribution in [0.2, 0.25) is 0 Å². The van der Waals surface area contributed by atoms with E-state index in [0.717, 1.165) is 58.6 Å². The lowest BCUT2D eigenvalue weighted by molar-refractivity contribution is -0.385. The van der Waals surface area contributed by atoms with E-state index in [1.165, 1.54) is 17.4 Å². The zero-order chi connectivity index (χ0) is 30.2. The highest BCUT2D eigenvalue weighted by atomic mass is 32.1. The lowest BCUT2D eigenvalue weighted by Gasteiger charge is -2.31. The number of para-hydroxylation sites is 1. The predicted molar refractivity (Wildman–Crippen MR) is 175 cm³/mol. The molecule has 0 bridgehead atoms. The van der Waals surface area contributed by atoms with Gasteiger partial charge in [-0.3, -0.25) is 19.5 Å². The molecule has 2 heterocycles. The number of thiazole rings is 1.